The molecule has 0 unspecified atom stereocenters. The number of hydrogen-bond acceptors (Lipinski definition) is 5. The molecule has 30 heavy (non-hydrogen) atoms. The van der Waals surface area contributed by atoms with Crippen LogP contribution in [-0.2, 0) is 20.7 Å². The smallest absolute Gasteiger partial charge is 0.408 e. The molecule has 0 aliphatic carbocycles. The second kappa shape index (κ2) is 10.2. The zero-order valence-corrected chi connectivity index (χ0v) is 18.4. The van der Waals surface area contributed by atoms with Crippen molar-refractivity contribution in [3.63, 3.8) is 0 Å². The summed E-state index contributed by atoms with van der Waals surface area (Å²) in [6, 6.07) is 7.97. The lowest BCUT2D eigenvalue weighted by molar-refractivity contribution is -0.140. The van der Waals surface area contributed by atoms with Crippen LogP contribution in [0.15, 0.2) is 35.4 Å². The van der Waals surface area contributed by atoms with E-state index >= 15 is 0 Å². The third-order valence-corrected chi connectivity index (χ3v) is 4.50. The summed E-state index contributed by atoms with van der Waals surface area (Å²) in [6.07, 6.45) is 0.905. The van der Waals surface area contributed by atoms with E-state index in [1.54, 1.807) is 34.6 Å². The number of hydrazone groups is 1. The zero-order valence-electron chi connectivity index (χ0n) is 18.4. The Morgan fingerprint density at radius 2 is 1.87 bits per heavy atom. The first-order chi connectivity index (χ1) is 14.1. The number of carbonyl (C=O) groups is 3. The van der Waals surface area contributed by atoms with Gasteiger partial charge in [0.1, 0.15) is 17.7 Å². The van der Waals surface area contributed by atoms with Crippen molar-refractivity contribution in [3.05, 3.63) is 35.9 Å². The van der Waals surface area contributed by atoms with Gasteiger partial charge in [-0.2, -0.15) is 5.10 Å². The molecule has 1 aliphatic rings. The van der Waals surface area contributed by atoms with Gasteiger partial charge in [-0.3, -0.25) is 9.59 Å². The molecule has 0 spiro atoms. The van der Waals surface area contributed by atoms with Crippen LogP contribution in [0.3, 0.4) is 0 Å². The van der Waals surface area contributed by atoms with Gasteiger partial charge in [-0.05, 0) is 53.0 Å². The maximum absolute atomic E-state index is 13.3. The van der Waals surface area contributed by atoms with Crippen LogP contribution in [0.5, 0.6) is 0 Å². The summed E-state index contributed by atoms with van der Waals surface area (Å²) in [4.78, 5) is 39.8. The monoisotopic (exact) mass is 416 g/mol. The van der Waals surface area contributed by atoms with Gasteiger partial charge in [0.2, 0.25) is 5.91 Å². The van der Waals surface area contributed by atoms with Crippen molar-refractivity contribution in [2.45, 2.75) is 71.6 Å². The topological polar surface area (TPSA) is 100 Å². The average Bonchev–Trinajstić information content (AvgIpc) is 3.14. The molecule has 1 heterocycles. The summed E-state index contributed by atoms with van der Waals surface area (Å²) in [5.41, 5.74) is 3.45. The average molecular weight is 417 g/mol. The molecule has 2 atom stereocenters. The Bertz CT molecular complexity index is 782. The zero-order chi connectivity index (χ0) is 22.3. The van der Waals surface area contributed by atoms with Gasteiger partial charge in [-0.15, -0.1) is 0 Å². The summed E-state index contributed by atoms with van der Waals surface area (Å²) in [5, 5.41) is 6.65. The van der Waals surface area contributed by atoms with E-state index in [0.717, 1.165) is 5.56 Å². The first kappa shape index (κ1) is 23.4. The number of benzene rings is 1. The van der Waals surface area contributed by atoms with Crippen molar-refractivity contribution in [1.29, 1.82) is 0 Å². The van der Waals surface area contributed by atoms with Crippen LogP contribution in [0.4, 0.5) is 4.79 Å². The normalized spacial score (nSPS) is 17.1. The Kier molecular flexibility index (Phi) is 7.97. The van der Waals surface area contributed by atoms with Crippen LogP contribution in [0.25, 0.3) is 0 Å². The molecule has 1 aromatic rings. The fraction of sp³-hybridized carbons (Fsp3) is 0.545. The molecule has 164 valence electrons. The minimum Gasteiger partial charge on any atom is -0.444 e. The molecule has 0 bridgehead atoms. The van der Waals surface area contributed by atoms with E-state index in [0.29, 0.717) is 31.5 Å². The maximum Gasteiger partial charge on any atom is 0.408 e. The van der Waals surface area contributed by atoms with E-state index in [1.165, 1.54) is 4.90 Å². The molecule has 0 aromatic heterocycles. The van der Waals surface area contributed by atoms with Gasteiger partial charge in [0, 0.05) is 18.7 Å². The van der Waals surface area contributed by atoms with Crippen molar-refractivity contribution in [3.8, 4) is 0 Å². The fourth-order valence-electron chi connectivity index (χ4n) is 3.24. The largest absolute Gasteiger partial charge is 0.444 e. The lowest BCUT2D eigenvalue weighted by Crippen LogP contribution is -2.54. The molecule has 2 N–H and O–H groups in total. The predicted octanol–water partition coefficient (Wildman–Crippen LogP) is 2.63. The van der Waals surface area contributed by atoms with Crippen molar-refractivity contribution < 1.29 is 19.1 Å². The number of carbonyl (C=O) groups excluding carboxylic acids is 3. The third kappa shape index (κ3) is 7.17. The highest BCUT2D eigenvalue weighted by Crippen LogP contribution is 2.20. The summed E-state index contributed by atoms with van der Waals surface area (Å²) in [6.45, 7) is 9.29. The van der Waals surface area contributed by atoms with Gasteiger partial charge < -0.3 is 15.0 Å². The molecular formula is C22H32N4O4. The third-order valence-electron chi connectivity index (χ3n) is 4.50. The van der Waals surface area contributed by atoms with Gasteiger partial charge in [-0.25, -0.2) is 10.2 Å². The standard InChI is InChI=1S/C22H32N4O4/c1-15(2)24-25-19(27)18-12-9-13-26(18)20(28)17(14-16-10-7-6-8-11-16)23-21(29)30-22(3,4)5/h6-8,10-11,17-18H,9,12-14H2,1-5H3,(H,23,29)(H,25,27)/t17-,18-/m0/s1. The Morgan fingerprint density at radius 1 is 1.20 bits per heavy atom. The lowest BCUT2D eigenvalue weighted by Gasteiger charge is -2.29. The molecule has 3 amide bonds. The van der Waals surface area contributed by atoms with Gasteiger partial charge in [-0.1, -0.05) is 30.3 Å². The van der Waals surface area contributed by atoms with Crippen LogP contribution < -0.4 is 10.7 Å². The Labute approximate surface area is 178 Å². The van der Waals surface area contributed by atoms with E-state index < -0.39 is 23.8 Å². The Hall–Kier alpha value is -2.90. The molecule has 0 radical (unpaired) electrons. The van der Waals surface area contributed by atoms with Gasteiger partial charge in [0.25, 0.3) is 5.91 Å². The number of nitrogens with zero attached hydrogens (tertiary/aromatic N) is 2. The van der Waals surface area contributed by atoms with Crippen LogP contribution in [0.2, 0.25) is 0 Å². The van der Waals surface area contributed by atoms with Crippen LogP contribution >= 0.6 is 0 Å². The highest BCUT2D eigenvalue weighted by Gasteiger charge is 2.38. The lowest BCUT2D eigenvalue weighted by atomic mass is 10.0. The number of nitrogens with one attached hydrogen (secondary N) is 2. The molecule has 1 aromatic carbocycles. The van der Waals surface area contributed by atoms with Gasteiger partial charge >= 0.3 is 6.09 Å². The SMILES string of the molecule is CC(C)=NNC(=O)[C@@H]1CCCN1C(=O)[C@H](Cc1ccccc1)NC(=O)OC(C)(C)C. The molecular weight excluding hydrogens is 384 g/mol. The van der Waals surface area contributed by atoms with E-state index in [1.807, 2.05) is 30.3 Å². The maximum atomic E-state index is 13.3. The molecule has 8 heteroatoms. The summed E-state index contributed by atoms with van der Waals surface area (Å²) >= 11 is 0. The highest BCUT2D eigenvalue weighted by molar-refractivity contribution is 5.92. The minimum atomic E-state index is -0.841. The summed E-state index contributed by atoms with van der Waals surface area (Å²) in [5.74, 6) is -0.627. The number of hydrogen-bond donors (Lipinski definition) is 2. The van der Waals surface area contributed by atoms with Crippen molar-refractivity contribution in [2.24, 2.45) is 5.10 Å². The van der Waals surface area contributed by atoms with E-state index in [9.17, 15) is 14.4 Å². The van der Waals surface area contributed by atoms with Crippen molar-refractivity contribution >= 4 is 23.6 Å². The predicted molar refractivity (Wildman–Crippen MR) is 115 cm³/mol. The van der Waals surface area contributed by atoms with Gasteiger partial charge in [0.15, 0.2) is 0 Å². The number of ether oxygens (including phenoxy) is 1. The molecule has 1 fully saturated rings. The van der Waals surface area contributed by atoms with Crippen LogP contribution in [0, 0.1) is 0 Å². The van der Waals surface area contributed by atoms with E-state index in [2.05, 4.69) is 15.8 Å². The molecule has 2 rings (SSSR count). The summed E-state index contributed by atoms with van der Waals surface area (Å²) < 4.78 is 5.34. The van der Waals surface area contributed by atoms with Crippen LogP contribution in [0.1, 0.15) is 53.0 Å². The molecule has 8 nitrogen and oxygen atoms in total. The number of amides is 3. The number of rotatable bonds is 6. The quantitative estimate of drug-likeness (QED) is 0.550. The fourth-order valence-corrected chi connectivity index (χ4v) is 3.24. The van der Waals surface area contributed by atoms with Crippen molar-refractivity contribution in [2.75, 3.05) is 6.54 Å². The second-order valence-electron chi connectivity index (χ2n) is 8.61. The van der Waals surface area contributed by atoms with Crippen molar-refractivity contribution in [1.82, 2.24) is 15.6 Å². The highest BCUT2D eigenvalue weighted by atomic mass is 16.6. The molecule has 1 saturated heterocycles. The molecule has 1 aliphatic heterocycles. The second-order valence-corrected chi connectivity index (χ2v) is 8.61. The van der Waals surface area contributed by atoms with Crippen LogP contribution in [-0.4, -0.2) is 52.7 Å². The Morgan fingerprint density at radius 3 is 2.47 bits per heavy atom. The molecule has 0 saturated carbocycles. The van der Waals surface area contributed by atoms with Gasteiger partial charge in [0.05, 0.1) is 0 Å². The Balaban J connectivity index is 2.18. The number of likely N-dealkylation sites (tertiary alicyclic amines) is 1. The first-order valence-corrected chi connectivity index (χ1v) is 10.2. The van der Waals surface area contributed by atoms with E-state index in [4.69, 9.17) is 4.74 Å². The minimum absolute atomic E-state index is 0.302. The van der Waals surface area contributed by atoms with E-state index in [-0.39, 0.29) is 11.8 Å². The first-order valence-electron chi connectivity index (χ1n) is 10.2. The summed E-state index contributed by atoms with van der Waals surface area (Å²) in [7, 11) is 0. The number of alkyl carbamates (subject to hydrolysis) is 1.